The molecule has 2 nitrogen and oxygen atoms in total. The Morgan fingerprint density at radius 1 is 1.24 bits per heavy atom. The number of amides is 1. The maximum Gasteiger partial charge on any atom is 0.225 e. The molecule has 0 fully saturated rings. The summed E-state index contributed by atoms with van der Waals surface area (Å²) in [7, 11) is 0. The van der Waals surface area contributed by atoms with Crippen molar-refractivity contribution in [3.63, 3.8) is 0 Å². The smallest absolute Gasteiger partial charge is 0.225 e. The van der Waals surface area contributed by atoms with Crippen molar-refractivity contribution in [1.82, 2.24) is 0 Å². The van der Waals surface area contributed by atoms with Crippen LogP contribution in [0, 0.1) is 13.8 Å². The largest absolute Gasteiger partial charge is 0.326 e. The minimum absolute atomic E-state index is 0.0679. The highest BCUT2D eigenvalue weighted by atomic mass is 35.5. The number of rotatable bonds is 1. The van der Waals surface area contributed by atoms with E-state index in [-0.39, 0.29) is 11.8 Å². The Morgan fingerprint density at radius 2 is 2.00 bits per heavy atom. The van der Waals surface area contributed by atoms with E-state index in [0.717, 1.165) is 22.7 Å². The first kappa shape index (κ1) is 14.2. The van der Waals surface area contributed by atoms with E-state index >= 15 is 0 Å². The summed E-state index contributed by atoms with van der Waals surface area (Å²) < 4.78 is 0. The molecular weight excluding hydrogens is 282 g/mol. The molecule has 1 N–H and O–H groups in total. The van der Waals surface area contributed by atoms with Gasteiger partial charge in [0.25, 0.3) is 0 Å². The molecule has 0 spiro atoms. The minimum Gasteiger partial charge on any atom is -0.326 e. The van der Waals surface area contributed by atoms with Crippen molar-refractivity contribution >= 4 is 23.2 Å². The summed E-state index contributed by atoms with van der Waals surface area (Å²) in [4.78, 5) is 12.0. The number of carbonyl (C=O) groups excluding carboxylic acids is 1. The maximum atomic E-state index is 12.0. The summed E-state index contributed by atoms with van der Waals surface area (Å²) in [5.74, 6) is 0.153. The quantitative estimate of drug-likeness (QED) is 0.797. The number of fused-ring (bicyclic) bond motifs is 1. The van der Waals surface area contributed by atoms with Crippen LogP contribution in [0.15, 0.2) is 47.0 Å². The second-order valence-corrected chi connectivity index (χ2v) is 6.14. The number of aryl methyl sites for hydroxylation is 2. The average molecular weight is 300 g/mol. The summed E-state index contributed by atoms with van der Waals surface area (Å²) in [6.07, 6.45) is 9.41. The number of hydrogen-bond acceptors (Lipinski definition) is 1. The monoisotopic (exact) mass is 299 g/mol. The third-order valence-corrected chi connectivity index (χ3v) is 4.41. The zero-order valence-electron chi connectivity index (χ0n) is 12.2. The fraction of sp³-hybridized carbons (Fsp3) is 0.278. The molecule has 0 aromatic heterocycles. The Bertz CT molecular complexity index is 697. The first-order chi connectivity index (χ1) is 10.0. The molecule has 1 atom stereocenters. The van der Waals surface area contributed by atoms with Crippen molar-refractivity contribution in [2.45, 2.75) is 32.6 Å². The van der Waals surface area contributed by atoms with Gasteiger partial charge >= 0.3 is 0 Å². The van der Waals surface area contributed by atoms with E-state index in [1.807, 2.05) is 18.2 Å². The molecule has 1 heterocycles. The van der Waals surface area contributed by atoms with E-state index in [1.54, 1.807) is 0 Å². The summed E-state index contributed by atoms with van der Waals surface area (Å²) >= 11 is 6.19. The zero-order chi connectivity index (χ0) is 15.0. The molecule has 1 aliphatic heterocycles. The van der Waals surface area contributed by atoms with Crippen LogP contribution in [0.1, 0.15) is 35.4 Å². The fourth-order valence-electron chi connectivity index (χ4n) is 2.92. The molecule has 2 aliphatic rings. The van der Waals surface area contributed by atoms with Crippen LogP contribution in [0.2, 0.25) is 0 Å². The van der Waals surface area contributed by atoms with Crippen molar-refractivity contribution in [2.75, 3.05) is 5.32 Å². The van der Waals surface area contributed by atoms with E-state index in [1.165, 1.54) is 16.7 Å². The van der Waals surface area contributed by atoms with Gasteiger partial charge in [0.05, 0.1) is 0 Å². The number of benzene rings is 1. The number of hydrogen-bond donors (Lipinski definition) is 1. The number of carbonyl (C=O) groups is 1. The lowest BCUT2D eigenvalue weighted by Crippen LogP contribution is -2.24. The van der Waals surface area contributed by atoms with E-state index in [2.05, 4.69) is 37.4 Å². The topological polar surface area (TPSA) is 29.1 Å². The summed E-state index contributed by atoms with van der Waals surface area (Å²) in [5, 5.41) is 3.71. The highest BCUT2D eigenvalue weighted by Crippen LogP contribution is 2.40. The van der Waals surface area contributed by atoms with E-state index in [9.17, 15) is 4.79 Å². The normalized spacial score (nSPS) is 21.1. The molecule has 21 heavy (non-hydrogen) atoms. The van der Waals surface area contributed by atoms with Gasteiger partial charge in [-0.05, 0) is 60.8 Å². The maximum absolute atomic E-state index is 12.0. The summed E-state index contributed by atoms with van der Waals surface area (Å²) in [5.41, 5.74) is 5.69. The number of nitrogens with one attached hydrogen (secondary N) is 1. The predicted molar refractivity (Wildman–Crippen MR) is 87.7 cm³/mol. The van der Waals surface area contributed by atoms with E-state index in [0.29, 0.717) is 6.42 Å². The first-order valence-corrected chi connectivity index (χ1v) is 7.57. The van der Waals surface area contributed by atoms with Gasteiger partial charge in [0.15, 0.2) is 0 Å². The fourth-order valence-corrected chi connectivity index (χ4v) is 3.14. The lowest BCUT2D eigenvalue weighted by Gasteiger charge is -2.28. The standard InChI is InChI=1S/C18H18ClNO/c1-11-7-16-15(13-5-3-4-6-14(19)9-13)10-18(21)20-17(16)8-12(11)2/h4-9,15H,3,10H2,1-2H3,(H,20,21). The first-order valence-electron chi connectivity index (χ1n) is 7.19. The van der Waals surface area contributed by atoms with Crippen LogP contribution in [-0.2, 0) is 4.79 Å². The highest BCUT2D eigenvalue weighted by Gasteiger charge is 2.27. The molecule has 1 aromatic carbocycles. The Morgan fingerprint density at radius 3 is 2.81 bits per heavy atom. The number of anilines is 1. The lowest BCUT2D eigenvalue weighted by molar-refractivity contribution is -0.116. The summed E-state index contributed by atoms with van der Waals surface area (Å²) in [6, 6.07) is 4.26. The third kappa shape index (κ3) is 2.81. The van der Waals surface area contributed by atoms with Gasteiger partial charge in [0.2, 0.25) is 5.91 Å². The molecule has 1 aliphatic carbocycles. The number of allylic oxidation sites excluding steroid dienone is 6. The van der Waals surface area contributed by atoms with Crippen LogP contribution in [-0.4, -0.2) is 5.91 Å². The number of halogens is 1. The van der Waals surface area contributed by atoms with Crippen molar-refractivity contribution in [3.05, 3.63) is 63.7 Å². The molecule has 1 aromatic rings. The third-order valence-electron chi connectivity index (χ3n) is 4.18. The van der Waals surface area contributed by atoms with Gasteiger partial charge in [-0.1, -0.05) is 29.8 Å². The second kappa shape index (κ2) is 5.53. The highest BCUT2D eigenvalue weighted by molar-refractivity contribution is 6.31. The van der Waals surface area contributed by atoms with Crippen LogP contribution < -0.4 is 5.32 Å². The molecule has 1 amide bonds. The van der Waals surface area contributed by atoms with Crippen LogP contribution >= 0.6 is 11.6 Å². The van der Waals surface area contributed by atoms with Crippen LogP contribution in [0.4, 0.5) is 5.69 Å². The summed E-state index contributed by atoms with van der Waals surface area (Å²) in [6.45, 7) is 4.17. The molecule has 0 saturated heterocycles. The van der Waals surface area contributed by atoms with Gasteiger partial charge < -0.3 is 5.32 Å². The van der Waals surface area contributed by atoms with Crippen LogP contribution in [0.5, 0.6) is 0 Å². The van der Waals surface area contributed by atoms with Gasteiger partial charge in [-0.2, -0.15) is 0 Å². The molecule has 108 valence electrons. The molecule has 3 heteroatoms. The zero-order valence-corrected chi connectivity index (χ0v) is 13.0. The van der Waals surface area contributed by atoms with Gasteiger partial charge in [0, 0.05) is 23.1 Å². The average Bonchev–Trinajstić information content (AvgIpc) is 2.64. The predicted octanol–water partition coefficient (Wildman–Crippen LogP) is 4.74. The Hall–Kier alpha value is -1.80. The minimum atomic E-state index is 0.0679. The Labute approximate surface area is 130 Å². The van der Waals surface area contributed by atoms with E-state index in [4.69, 9.17) is 11.6 Å². The Balaban J connectivity index is 2.09. The van der Waals surface area contributed by atoms with Crippen molar-refractivity contribution < 1.29 is 4.79 Å². The lowest BCUT2D eigenvalue weighted by atomic mass is 9.82. The van der Waals surface area contributed by atoms with Crippen molar-refractivity contribution in [3.8, 4) is 0 Å². The van der Waals surface area contributed by atoms with Crippen LogP contribution in [0.3, 0.4) is 0 Å². The molecule has 0 bridgehead atoms. The van der Waals surface area contributed by atoms with Gasteiger partial charge in [0.1, 0.15) is 0 Å². The van der Waals surface area contributed by atoms with Crippen molar-refractivity contribution in [1.29, 1.82) is 0 Å². The van der Waals surface area contributed by atoms with Gasteiger partial charge in [-0.3, -0.25) is 4.79 Å². The van der Waals surface area contributed by atoms with Crippen molar-refractivity contribution in [2.24, 2.45) is 0 Å². The molecule has 0 saturated carbocycles. The van der Waals surface area contributed by atoms with Gasteiger partial charge in [-0.25, -0.2) is 0 Å². The van der Waals surface area contributed by atoms with E-state index < -0.39 is 0 Å². The van der Waals surface area contributed by atoms with Crippen LogP contribution in [0.25, 0.3) is 0 Å². The molecule has 3 rings (SSSR count). The molecule has 1 unspecified atom stereocenters. The molecule has 0 radical (unpaired) electrons. The van der Waals surface area contributed by atoms with Gasteiger partial charge in [-0.15, -0.1) is 0 Å². The Kier molecular flexibility index (Phi) is 3.73. The molecular formula is C18H18ClNO. The second-order valence-electron chi connectivity index (χ2n) is 5.70. The SMILES string of the molecule is Cc1cc2c(cc1C)C(C1=CCC=CC(Cl)=C1)CC(=O)N2.